The molecule has 0 radical (unpaired) electrons. The van der Waals surface area contributed by atoms with Gasteiger partial charge in [-0.25, -0.2) is 9.97 Å². The van der Waals surface area contributed by atoms with Crippen molar-refractivity contribution in [3.8, 4) is 45.3 Å². The Morgan fingerprint density at radius 3 is 1.70 bits per heavy atom. The highest BCUT2D eigenvalue weighted by atomic mass is 32.2. The predicted molar refractivity (Wildman–Crippen MR) is 263 cm³/mol. The van der Waals surface area contributed by atoms with Crippen molar-refractivity contribution in [1.29, 1.82) is 0 Å². The molecule has 4 nitrogen and oxygen atoms in total. The highest BCUT2D eigenvalue weighted by Gasteiger charge is 2.49. The first-order valence-electron chi connectivity index (χ1n) is 21.8. The van der Waals surface area contributed by atoms with Crippen molar-refractivity contribution in [1.82, 2.24) is 19.1 Å². The van der Waals surface area contributed by atoms with Crippen molar-refractivity contribution < 1.29 is 0 Å². The third-order valence-corrected chi connectivity index (χ3v) is 14.7. The van der Waals surface area contributed by atoms with Crippen molar-refractivity contribution in [2.24, 2.45) is 0 Å². The van der Waals surface area contributed by atoms with Gasteiger partial charge in [0.05, 0.1) is 44.6 Å². The normalized spacial score (nSPS) is 14.9. The molecule has 2 aliphatic rings. The lowest BCUT2D eigenvalue weighted by molar-refractivity contribution is 0.691. The molecule has 64 heavy (non-hydrogen) atoms. The molecule has 1 unspecified atom stereocenters. The highest BCUT2D eigenvalue weighted by molar-refractivity contribution is 7.99. The summed E-state index contributed by atoms with van der Waals surface area (Å²) < 4.78 is 4.96. The summed E-state index contributed by atoms with van der Waals surface area (Å²) in [6.07, 6.45) is 0. The van der Waals surface area contributed by atoms with Gasteiger partial charge in [0, 0.05) is 53.7 Å². The molecule has 0 bridgehead atoms. The van der Waals surface area contributed by atoms with E-state index in [0.717, 1.165) is 39.3 Å². The van der Waals surface area contributed by atoms with Crippen molar-refractivity contribution >= 4 is 55.4 Å². The van der Waals surface area contributed by atoms with E-state index >= 15 is 0 Å². The standard InChI is InChI=1S/C59H36N4S/c1-3-17-37(18-4-1)49-35-50(38-19-5-2-6-20-38)61-58(60-49)39-21-15-22-40(33-39)62-51-29-11-8-24-42(51)44-34-48-56(36-54(44)62)64-55-32-14-10-27-46(55)59(48)45-26-9-13-31-53(45)63-52-30-12-7-23-41(52)43-25-16-28-47(59)57(43)63/h1-36H. The molecular formula is C59H36N4S. The Labute approximate surface area is 373 Å². The maximum absolute atomic E-state index is 5.21. The van der Waals surface area contributed by atoms with E-state index in [0.29, 0.717) is 5.82 Å². The van der Waals surface area contributed by atoms with Crippen molar-refractivity contribution in [2.75, 3.05) is 0 Å². The van der Waals surface area contributed by atoms with Crippen LogP contribution in [0, 0.1) is 0 Å². The first-order valence-corrected chi connectivity index (χ1v) is 22.6. The molecule has 5 heterocycles. The number of aromatic nitrogens is 4. The molecule has 0 fully saturated rings. The van der Waals surface area contributed by atoms with Crippen LogP contribution in [0.5, 0.6) is 0 Å². The van der Waals surface area contributed by atoms with Gasteiger partial charge < -0.3 is 9.13 Å². The van der Waals surface area contributed by atoms with Crippen molar-refractivity contribution in [3.63, 3.8) is 0 Å². The molecule has 0 N–H and O–H groups in total. The first kappa shape index (κ1) is 35.6. The van der Waals surface area contributed by atoms with E-state index in [9.17, 15) is 0 Å². The van der Waals surface area contributed by atoms with Crippen LogP contribution in [0.15, 0.2) is 228 Å². The van der Waals surface area contributed by atoms with Gasteiger partial charge in [0.2, 0.25) is 0 Å². The molecular weight excluding hydrogens is 797 g/mol. The lowest BCUT2D eigenvalue weighted by Crippen LogP contribution is -2.37. The van der Waals surface area contributed by atoms with Crippen LogP contribution in [0.3, 0.4) is 0 Å². The van der Waals surface area contributed by atoms with Gasteiger partial charge in [-0.15, -0.1) is 0 Å². The summed E-state index contributed by atoms with van der Waals surface area (Å²) in [4.78, 5) is 13.0. The first-order chi connectivity index (χ1) is 31.7. The van der Waals surface area contributed by atoms with Gasteiger partial charge in [-0.3, -0.25) is 0 Å². The molecule has 14 rings (SSSR count). The van der Waals surface area contributed by atoms with Gasteiger partial charge in [-0.1, -0.05) is 176 Å². The topological polar surface area (TPSA) is 35.6 Å². The van der Waals surface area contributed by atoms with Crippen LogP contribution in [0.2, 0.25) is 0 Å². The van der Waals surface area contributed by atoms with Crippen LogP contribution in [0.25, 0.3) is 88.9 Å². The van der Waals surface area contributed by atoms with E-state index in [1.807, 2.05) is 23.9 Å². The van der Waals surface area contributed by atoms with Crippen LogP contribution in [-0.2, 0) is 5.41 Å². The number of hydrogen-bond acceptors (Lipinski definition) is 3. The van der Waals surface area contributed by atoms with Crippen LogP contribution in [-0.4, -0.2) is 19.1 Å². The molecule has 1 atom stereocenters. The van der Waals surface area contributed by atoms with Gasteiger partial charge >= 0.3 is 0 Å². The fourth-order valence-corrected chi connectivity index (χ4v) is 12.1. The zero-order valence-corrected chi connectivity index (χ0v) is 35.3. The Hall–Kier alpha value is -7.99. The summed E-state index contributed by atoms with van der Waals surface area (Å²) in [5, 5.41) is 5.00. The number of benzene rings is 9. The molecule has 1 spiro atoms. The van der Waals surface area contributed by atoms with Gasteiger partial charge in [0.1, 0.15) is 0 Å². The van der Waals surface area contributed by atoms with Crippen LogP contribution in [0.1, 0.15) is 22.3 Å². The van der Waals surface area contributed by atoms with Gasteiger partial charge in [-0.05, 0) is 76.9 Å². The molecule has 3 aromatic heterocycles. The zero-order chi connectivity index (χ0) is 41.9. The number of fused-ring (bicyclic) bond motifs is 14. The summed E-state index contributed by atoms with van der Waals surface area (Å²) in [7, 11) is 0. The summed E-state index contributed by atoms with van der Waals surface area (Å²) in [6, 6.07) is 79.6. The lowest BCUT2D eigenvalue weighted by Gasteiger charge is -2.45. The van der Waals surface area contributed by atoms with E-state index < -0.39 is 5.41 Å². The zero-order valence-electron chi connectivity index (χ0n) is 34.5. The van der Waals surface area contributed by atoms with Gasteiger partial charge in [0.25, 0.3) is 0 Å². The number of para-hydroxylation sites is 4. The smallest absolute Gasteiger partial charge is 0.160 e. The minimum atomic E-state index is -0.563. The maximum atomic E-state index is 5.21. The maximum Gasteiger partial charge on any atom is 0.160 e. The lowest BCUT2D eigenvalue weighted by atomic mass is 9.62. The molecule has 0 amide bonds. The second-order valence-corrected chi connectivity index (χ2v) is 18.0. The van der Waals surface area contributed by atoms with Crippen LogP contribution >= 0.6 is 11.8 Å². The SMILES string of the molecule is c1ccc(-c2cc(-c3ccccc3)nc(-c3cccc(-n4c5ccccc5c5cc6c(cc54)Sc4ccccc4C64c5ccccc5-n5c6ccccc6c6cccc4c65)c3)n2)cc1. The largest absolute Gasteiger partial charge is 0.309 e. The monoisotopic (exact) mass is 832 g/mol. The van der Waals surface area contributed by atoms with Crippen molar-refractivity contribution in [3.05, 3.63) is 241 Å². The van der Waals surface area contributed by atoms with Gasteiger partial charge in [0.15, 0.2) is 5.82 Å². The third kappa shape index (κ3) is 4.90. The average Bonchev–Trinajstić information content (AvgIpc) is 3.88. The predicted octanol–water partition coefficient (Wildman–Crippen LogP) is 14.8. The molecule has 298 valence electrons. The average molecular weight is 833 g/mol. The van der Waals surface area contributed by atoms with Crippen molar-refractivity contribution in [2.45, 2.75) is 15.2 Å². The van der Waals surface area contributed by atoms with Crippen LogP contribution in [0.4, 0.5) is 0 Å². The molecule has 12 aromatic rings. The fourth-order valence-electron chi connectivity index (χ4n) is 10.9. The second kappa shape index (κ2) is 13.5. The Balaban J connectivity index is 1.03. The Bertz CT molecular complexity index is 3830. The Morgan fingerprint density at radius 1 is 0.359 bits per heavy atom. The molecule has 5 heteroatoms. The minimum Gasteiger partial charge on any atom is -0.309 e. The molecule has 9 aromatic carbocycles. The van der Waals surface area contributed by atoms with E-state index in [2.05, 4.69) is 215 Å². The summed E-state index contributed by atoms with van der Waals surface area (Å²) in [5.74, 6) is 0.692. The minimum absolute atomic E-state index is 0.563. The molecule has 0 aliphatic carbocycles. The van der Waals surface area contributed by atoms with E-state index in [1.165, 1.54) is 75.8 Å². The quantitative estimate of drug-likeness (QED) is 0.177. The van der Waals surface area contributed by atoms with Crippen LogP contribution < -0.4 is 0 Å². The summed E-state index contributed by atoms with van der Waals surface area (Å²) in [5.41, 5.74) is 16.7. The van der Waals surface area contributed by atoms with E-state index in [1.54, 1.807) is 0 Å². The molecule has 0 saturated carbocycles. The van der Waals surface area contributed by atoms with Gasteiger partial charge in [-0.2, -0.15) is 0 Å². The van der Waals surface area contributed by atoms with E-state index in [4.69, 9.17) is 9.97 Å². The highest BCUT2D eigenvalue weighted by Crippen LogP contribution is 2.61. The fraction of sp³-hybridized carbons (Fsp3) is 0.0169. The number of nitrogens with zero attached hydrogens (tertiary/aromatic N) is 4. The third-order valence-electron chi connectivity index (χ3n) is 13.6. The Morgan fingerprint density at radius 2 is 0.938 bits per heavy atom. The van der Waals surface area contributed by atoms with E-state index in [-0.39, 0.29) is 0 Å². The molecule has 0 saturated heterocycles. The Kier molecular flexibility index (Phi) is 7.51. The molecule has 2 aliphatic heterocycles. The summed E-state index contributed by atoms with van der Waals surface area (Å²) >= 11 is 1.89. The number of rotatable bonds is 4. The number of hydrogen-bond donors (Lipinski definition) is 0. The summed E-state index contributed by atoms with van der Waals surface area (Å²) in [6.45, 7) is 0. The second-order valence-electron chi connectivity index (χ2n) is 16.9.